The van der Waals surface area contributed by atoms with Crippen LogP contribution in [0.4, 0.5) is 5.69 Å². The Morgan fingerprint density at radius 3 is 2.61 bits per heavy atom. The number of nitrogens with two attached hydrogens (primary N) is 1. The van der Waals surface area contributed by atoms with E-state index in [1.54, 1.807) is 12.1 Å². The summed E-state index contributed by atoms with van der Waals surface area (Å²) in [5.74, 6) is -0.299. The van der Waals surface area contributed by atoms with E-state index in [9.17, 15) is 4.79 Å². The molecule has 0 fully saturated rings. The zero-order chi connectivity index (χ0) is 13.7. The summed E-state index contributed by atoms with van der Waals surface area (Å²) in [5, 5.41) is 3.84. The van der Waals surface area contributed by atoms with Crippen LogP contribution in [0.3, 0.4) is 0 Å². The van der Waals surface area contributed by atoms with Crippen LogP contribution in [0.1, 0.15) is 25.3 Å². The molecule has 0 heterocycles. The number of halogens is 2. The molecule has 1 rings (SSSR count). The highest BCUT2D eigenvalue weighted by atomic mass is 35.5. The van der Waals surface area contributed by atoms with E-state index in [0.29, 0.717) is 22.3 Å². The monoisotopic (exact) mass is 288 g/mol. The van der Waals surface area contributed by atoms with E-state index in [0.717, 1.165) is 18.4 Å². The Bertz CT molecular complexity index is 435. The Kier molecular flexibility index (Phi) is 5.93. The van der Waals surface area contributed by atoms with Crippen molar-refractivity contribution in [2.75, 3.05) is 11.9 Å². The number of hydrogen-bond acceptors (Lipinski definition) is 2. The molecule has 1 amide bonds. The summed E-state index contributed by atoms with van der Waals surface area (Å²) in [6.07, 6.45) is 1.68. The lowest BCUT2D eigenvalue weighted by Gasteiger charge is -2.15. The van der Waals surface area contributed by atoms with E-state index in [1.807, 2.05) is 13.8 Å². The molecular formula is C13H18Cl2N2O. The number of rotatable bonds is 5. The first-order valence-corrected chi connectivity index (χ1v) is 6.71. The number of carbonyl (C=O) groups is 1. The third-order valence-electron chi connectivity index (χ3n) is 2.80. The molecular weight excluding hydrogens is 271 g/mol. The van der Waals surface area contributed by atoms with Crippen LogP contribution in [0.25, 0.3) is 0 Å². The van der Waals surface area contributed by atoms with E-state index in [-0.39, 0.29) is 11.8 Å². The van der Waals surface area contributed by atoms with Crippen LogP contribution in [0.5, 0.6) is 0 Å². The molecule has 0 bridgehead atoms. The molecule has 5 heteroatoms. The van der Waals surface area contributed by atoms with Gasteiger partial charge in [0.25, 0.3) is 0 Å². The van der Waals surface area contributed by atoms with Crippen molar-refractivity contribution in [3.8, 4) is 0 Å². The standard InChI is InChI=1S/C13H18Cl2N2O/c1-3-4-9(7-16)13(18)17-12-6-10(14)8(2)5-11(12)15/h5-6,9H,3-4,7,16H2,1-2H3,(H,17,18). The average Bonchev–Trinajstić information content (AvgIpc) is 2.32. The van der Waals surface area contributed by atoms with Crippen LogP contribution in [-0.4, -0.2) is 12.5 Å². The molecule has 0 aliphatic heterocycles. The Hall–Kier alpha value is -0.770. The SMILES string of the molecule is CCCC(CN)C(=O)Nc1cc(Cl)c(C)cc1Cl. The molecule has 0 aliphatic rings. The van der Waals surface area contributed by atoms with Gasteiger partial charge in [0.1, 0.15) is 0 Å². The Balaban J connectivity index is 2.84. The maximum atomic E-state index is 12.0. The summed E-state index contributed by atoms with van der Waals surface area (Å²) in [7, 11) is 0. The van der Waals surface area contributed by atoms with Crippen molar-refractivity contribution in [2.45, 2.75) is 26.7 Å². The summed E-state index contributed by atoms with van der Waals surface area (Å²) in [4.78, 5) is 12.0. The van der Waals surface area contributed by atoms with Crippen molar-refractivity contribution in [1.82, 2.24) is 0 Å². The van der Waals surface area contributed by atoms with Gasteiger partial charge in [0, 0.05) is 11.6 Å². The van der Waals surface area contributed by atoms with Gasteiger partial charge < -0.3 is 11.1 Å². The molecule has 0 radical (unpaired) electrons. The normalized spacial score (nSPS) is 12.3. The summed E-state index contributed by atoms with van der Waals surface area (Å²) in [6, 6.07) is 3.40. The van der Waals surface area contributed by atoms with Gasteiger partial charge in [-0.15, -0.1) is 0 Å². The summed E-state index contributed by atoms with van der Waals surface area (Å²) in [6.45, 7) is 4.21. The van der Waals surface area contributed by atoms with Crippen LogP contribution in [0, 0.1) is 12.8 Å². The fourth-order valence-electron chi connectivity index (χ4n) is 1.68. The molecule has 3 N–H and O–H groups in total. The van der Waals surface area contributed by atoms with E-state index in [1.165, 1.54) is 0 Å². The minimum absolute atomic E-state index is 0.110. The predicted octanol–water partition coefficient (Wildman–Crippen LogP) is 3.62. The number of benzene rings is 1. The highest BCUT2D eigenvalue weighted by Crippen LogP contribution is 2.29. The fraction of sp³-hybridized carbons (Fsp3) is 0.462. The predicted molar refractivity (Wildman–Crippen MR) is 77.3 cm³/mol. The molecule has 1 aromatic rings. The van der Waals surface area contributed by atoms with E-state index in [4.69, 9.17) is 28.9 Å². The van der Waals surface area contributed by atoms with Crippen molar-refractivity contribution in [3.63, 3.8) is 0 Å². The summed E-state index contributed by atoms with van der Waals surface area (Å²) >= 11 is 12.1. The maximum Gasteiger partial charge on any atom is 0.228 e. The number of anilines is 1. The molecule has 1 unspecified atom stereocenters. The largest absolute Gasteiger partial charge is 0.330 e. The zero-order valence-corrected chi connectivity index (χ0v) is 12.1. The van der Waals surface area contributed by atoms with Crippen LogP contribution in [-0.2, 0) is 4.79 Å². The van der Waals surface area contributed by atoms with Crippen molar-refractivity contribution >= 4 is 34.8 Å². The molecule has 0 spiro atoms. The summed E-state index contributed by atoms with van der Waals surface area (Å²) < 4.78 is 0. The van der Waals surface area contributed by atoms with E-state index < -0.39 is 0 Å². The van der Waals surface area contributed by atoms with Gasteiger partial charge in [0.2, 0.25) is 5.91 Å². The quantitative estimate of drug-likeness (QED) is 0.870. The zero-order valence-electron chi connectivity index (χ0n) is 10.6. The second-order valence-electron chi connectivity index (χ2n) is 4.29. The molecule has 3 nitrogen and oxygen atoms in total. The number of hydrogen-bond donors (Lipinski definition) is 2. The lowest BCUT2D eigenvalue weighted by atomic mass is 10.0. The molecule has 1 aromatic carbocycles. The van der Waals surface area contributed by atoms with E-state index in [2.05, 4.69) is 5.32 Å². The molecule has 18 heavy (non-hydrogen) atoms. The molecule has 0 saturated heterocycles. The lowest BCUT2D eigenvalue weighted by molar-refractivity contribution is -0.119. The minimum atomic E-state index is -0.189. The number of carbonyl (C=O) groups excluding carboxylic acids is 1. The van der Waals surface area contributed by atoms with Crippen molar-refractivity contribution in [3.05, 3.63) is 27.7 Å². The van der Waals surface area contributed by atoms with Crippen molar-refractivity contribution in [1.29, 1.82) is 0 Å². The highest BCUT2D eigenvalue weighted by Gasteiger charge is 2.17. The lowest BCUT2D eigenvalue weighted by Crippen LogP contribution is -2.29. The Labute approximate surface area is 118 Å². The van der Waals surface area contributed by atoms with Gasteiger partial charge in [-0.2, -0.15) is 0 Å². The molecule has 1 atom stereocenters. The molecule has 0 aromatic heterocycles. The first-order chi connectivity index (χ1) is 8.49. The van der Waals surface area contributed by atoms with Gasteiger partial charge in [-0.3, -0.25) is 4.79 Å². The van der Waals surface area contributed by atoms with Gasteiger partial charge in [-0.1, -0.05) is 36.5 Å². The fourth-order valence-corrected chi connectivity index (χ4v) is 2.11. The Morgan fingerprint density at radius 2 is 2.06 bits per heavy atom. The molecule has 0 aliphatic carbocycles. The molecule has 100 valence electrons. The number of amides is 1. The number of aryl methyl sites for hydroxylation is 1. The first-order valence-electron chi connectivity index (χ1n) is 5.96. The third-order valence-corrected chi connectivity index (χ3v) is 3.52. The smallest absolute Gasteiger partial charge is 0.228 e. The van der Waals surface area contributed by atoms with Gasteiger partial charge in [-0.25, -0.2) is 0 Å². The van der Waals surface area contributed by atoms with E-state index >= 15 is 0 Å². The van der Waals surface area contributed by atoms with Gasteiger partial charge in [0.15, 0.2) is 0 Å². The van der Waals surface area contributed by atoms with Crippen molar-refractivity contribution in [2.24, 2.45) is 11.7 Å². The first kappa shape index (κ1) is 15.3. The highest BCUT2D eigenvalue weighted by molar-refractivity contribution is 6.36. The topological polar surface area (TPSA) is 55.1 Å². The van der Waals surface area contributed by atoms with Gasteiger partial charge in [0.05, 0.1) is 16.6 Å². The van der Waals surface area contributed by atoms with Crippen LogP contribution in [0.15, 0.2) is 12.1 Å². The van der Waals surface area contributed by atoms with Crippen LogP contribution in [0.2, 0.25) is 10.0 Å². The second-order valence-corrected chi connectivity index (χ2v) is 5.11. The summed E-state index contributed by atoms with van der Waals surface area (Å²) in [5.41, 5.74) is 7.00. The van der Waals surface area contributed by atoms with Gasteiger partial charge in [-0.05, 0) is 31.0 Å². The van der Waals surface area contributed by atoms with Crippen LogP contribution < -0.4 is 11.1 Å². The molecule has 0 saturated carbocycles. The minimum Gasteiger partial charge on any atom is -0.330 e. The number of nitrogens with one attached hydrogen (secondary N) is 1. The Morgan fingerprint density at radius 1 is 1.39 bits per heavy atom. The van der Waals surface area contributed by atoms with Crippen molar-refractivity contribution < 1.29 is 4.79 Å². The maximum absolute atomic E-state index is 12.0. The second kappa shape index (κ2) is 6.98. The average molecular weight is 289 g/mol. The third kappa shape index (κ3) is 3.87. The van der Waals surface area contributed by atoms with Gasteiger partial charge >= 0.3 is 0 Å². The van der Waals surface area contributed by atoms with Crippen LogP contribution >= 0.6 is 23.2 Å².